The van der Waals surface area contributed by atoms with Crippen LogP contribution >= 0.6 is 0 Å². The Labute approximate surface area is 74.3 Å². The molecule has 63 valence electrons. The van der Waals surface area contributed by atoms with Crippen molar-refractivity contribution in [3.05, 3.63) is 42.6 Å². The molecule has 0 saturated heterocycles. The Morgan fingerprint density at radius 3 is 2.54 bits per heavy atom. The maximum atomic E-state index is 12.4. The summed E-state index contributed by atoms with van der Waals surface area (Å²) in [6.45, 7) is 0. The van der Waals surface area contributed by atoms with Crippen molar-refractivity contribution in [2.24, 2.45) is 0 Å². The van der Waals surface area contributed by atoms with Crippen molar-refractivity contribution in [2.75, 3.05) is 0 Å². The summed E-state index contributed by atoms with van der Waals surface area (Å²) in [6, 6.07) is 6.29. The number of halogens is 1. The number of nitrogens with zero attached hydrogens (tertiary/aromatic N) is 3. The first-order valence-corrected chi connectivity index (χ1v) is 3.67. The normalized spacial score (nSPS) is 9.92. The highest BCUT2D eigenvalue weighted by atomic mass is 19.1. The van der Waals surface area contributed by atoms with Gasteiger partial charge in [-0.05, 0) is 6.07 Å². The lowest BCUT2D eigenvalue weighted by molar-refractivity contribution is 0.614. The van der Waals surface area contributed by atoms with Crippen molar-refractivity contribution in [2.45, 2.75) is 0 Å². The van der Waals surface area contributed by atoms with Gasteiger partial charge in [0.25, 0.3) is 0 Å². The molecule has 2 aromatic rings. The average molecular weight is 174 g/mol. The first-order valence-electron chi connectivity index (χ1n) is 3.67. The zero-order valence-corrected chi connectivity index (χ0v) is 6.61. The highest BCUT2D eigenvalue weighted by Gasteiger charge is 2.00. The van der Waals surface area contributed by atoms with Gasteiger partial charge >= 0.3 is 0 Å². The molecule has 2 heterocycles. The summed E-state index contributed by atoms with van der Waals surface area (Å²) in [4.78, 5) is 11.5. The fraction of sp³-hybridized carbons (Fsp3) is 0. The number of aromatic nitrogens is 3. The summed E-state index contributed by atoms with van der Waals surface area (Å²) in [5.41, 5.74) is 0.516. The molecule has 0 aliphatic rings. The van der Waals surface area contributed by atoms with Gasteiger partial charge in [0.15, 0.2) is 11.6 Å². The lowest BCUT2D eigenvalue weighted by Gasteiger charge is -1.95. The molecule has 0 aliphatic carbocycles. The Morgan fingerprint density at radius 1 is 1.15 bits per heavy atom. The molecule has 4 heteroatoms. The van der Waals surface area contributed by atoms with Crippen LogP contribution < -0.4 is 0 Å². The van der Waals surface area contributed by atoms with Crippen LogP contribution in [0.3, 0.4) is 0 Å². The van der Waals surface area contributed by atoms with Crippen LogP contribution in [0.25, 0.3) is 11.5 Å². The second-order valence-corrected chi connectivity index (χ2v) is 2.36. The predicted octanol–water partition coefficient (Wildman–Crippen LogP) is 1.48. The fourth-order valence-electron chi connectivity index (χ4n) is 0.882. The van der Waals surface area contributed by atoms with Gasteiger partial charge in [-0.3, -0.25) is 4.98 Å². The number of pyridine rings is 1. The van der Waals surface area contributed by atoms with Crippen molar-refractivity contribution >= 4 is 0 Å². The van der Waals surface area contributed by atoms with Gasteiger partial charge in [-0.25, -0.2) is 14.4 Å². The second-order valence-electron chi connectivity index (χ2n) is 2.36. The molecule has 13 heavy (non-hydrogen) atoms. The Morgan fingerprint density at radius 2 is 1.92 bits per heavy atom. The van der Waals surface area contributed by atoms with Crippen molar-refractivity contribution < 1.29 is 4.39 Å². The molecule has 0 spiro atoms. The van der Waals surface area contributed by atoms with E-state index in [1.807, 2.05) is 0 Å². The van der Waals surface area contributed by atoms with E-state index in [2.05, 4.69) is 21.0 Å². The van der Waals surface area contributed by atoms with E-state index in [1.165, 1.54) is 0 Å². The van der Waals surface area contributed by atoms with Crippen molar-refractivity contribution in [3.8, 4) is 11.5 Å². The van der Waals surface area contributed by atoms with Gasteiger partial charge in [-0.2, -0.15) is 0 Å². The van der Waals surface area contributed by atoms with Crippen LogP contribution in [0.5, 0.6) is 0 Å². The monoisotopic (exact) mass is 174 g/mol. The highest BCUT2D eigenvalue weighted by molar-refractivity contribution is 5.46. The maximum Gasteiger partial charge on any atom is 0.178 e. The summed E-state index contributed by atoms with van der Waals surface area (Å²) in [5.74, 6) is -0.0818. The minimum absolute atomic E-state index is 0.377. The lowest BCUT2D eigenvalue weighted by Crippen LogP contribution is -1.91. The van der Waals surface area contributed by atoms with Crippen molar-refractivity contribution in [1.29, 1.82) is 0 Å². The first-order chi connectivity index (χ1) is 6.36. The highest BCUT2D eigenvalue weighted by Crippen LogP contribution is 2.08. The molecule has 0 N–H and O–H groups in total. The third-order valence-corrected chi connectivity index (χ3v) is 1.44. The van der Waals surface area contributed by atoms with E-state index in [0.29, 0.717) is 11.5 Å². The molecule has 0 amide bonds. The number of hydrogen-bond acceptors (Lipinski definition) is 3. The second kappa shape index (κ2) is 3.26. The minimum atomic E-state index is -0.459. The molecule has 0 aliphatic heterocycles. The van der Waals surface area contributed by atoms with Crippen LogP contribution in [0.15, 0.2) is 30.7 Å². The van der Waals surface area contributed by atoms with Crippen LogP contribution in [-0.2, 0) is 0 Å². The van der Waals surface area contributed by atoms with Crippen LogP contribution in [-0.4, -0.2) is 15.0 Å². The van der Waals surface area contributed by atoms with Gasteiger partial charge in [0.2, 0.25) is 0 Å². The zero-order valence-electron chi connectivity index (χ0n) is 6.61. The third kappa shape index (κ3) is 1.66. The Hall–Kier alpha value is -1.84. The van der Waals surface area contributed by atoms with E-state index in [0.717, 1.165) is 12.4 Å². The topological polar surface area (TPSA) is 38.7 Å². The summed E-state index contributed by atoms with van der Waals surface area (Å²) < 4.78 is 12.4. The Balaban J connectivity index is 2.42. The summed E-state index contributed by atoms with van der Waals surface area (Å²) >= 11 is 0. The first kappa shape index (κ1) is 7.79. The van der Waals surface area contributed by atoms with Gasteiger partial charge in [-0.1, -0.05) is 6.07 Å². The van der Waals surface area contributed by atoms with Gasteiger partial charge in [-0.15, -0.1) is 0 Å². The molecule has 2 rings (SSSR count). The summed E-state index contributed by atoms with van der Waals surface area (Å²) in [7, 11) is 0. The van der Waals surface area contributed by atoms with Gasteiger partial charge in [0, 0.05) is 12.3 Å². The van der Waals surface area contributed by atoms with Crippen molar-refractivity contribution in [1.82, 2.24) is 15.0 Å². The smallest absolute Gasteiger partial charge is 0.178 e. The van der Waals surface area contributed by atoms with E-state index >= 15 is 0 Å². The SMILES string of the molecule is Fc1cnc(-c2[c]cccn2)nc1. The fourth-order valence-corrected chi connectivity index (χ4v) is 0.882. The number of hydrogen-bond donors (Lipinski definition) is 0. The van der Waals surface area contributed by atoms with Crippen LogP contribution in [0.2, 0.25) is 0 Å². The molecule has 0 aromatic carbocycles. The largest absolute Gasteiger partial charge is 0.252 e. The molecular weight excluding hydrogens is 169 g/mol. The zero-order chi connectivity index (χ0) is 9.10. The summed E-state index contributed by atoms with van der Waals surface area (Å²) in [5, 5.41) is 0. The van der Waals surface area contributed by atoms with E-state index in [9.17, 15) is 4.39 Å². The van der Waals surface area contributed by atoms with Crippen LogP contribution in [0.1, 0.15) is 0 Å². The molecule has 3 nitrogen and oxygen atoms in total. The molecule has 0 bridgehead atoms. The minimum Gasteiger partial charge on any atom is -0.252 e. The standard InChI is InChI=1S/C9H5FN3/c10-7-5-12-9(13-6-7)8-3-1-2-4-11-8/h1-2,4-6H. The Bertz CT molecular complexity index is 385. The predicted molar refractivity (Wildman–Crippen MR) is 44.1 cm³/mol. The van der Waals surface area contributed by atoms with E-state index in [1.54, 1.807) is 18.3 Å². The lowest BCUT2D eigenvalue weighted by atomic mass is 10.3. The van der Waals surface area contributed by atoms with E-state index < -0.39 is 5.82 Å². The van der Waals surface area contributed by atoms with E-state index in [4.69, 9.17) is 0 Å². The third-order valence-electron chi connectivity index (χ3n) is 1.44. The van der Waals surface area contributed by atoms with E-state index in [-0.39, 0.29) is 0 Å². The molecule has 2 aromatic heterocycles. The van der Waals surface area contributed by atoms with Gasteiger partial charge in [0.1, 0.15) is 5.69 Å². The average Bonchev–Trinajstić information content (AvgIpc) is 2.20. The molecule has 1 radical (unpaired) electrons. The Kier molecular flexibility index (Phi) is 1.96. The molecule has 0 saturated carbocycles. The summed E-state index contributed by atoms with van der Waals surface area (Å²) in [6.07, 6.45) is 3.81. The molecule has 0 fully saturated rings. The number of rotatable bonds is 1. The quantitative estimate of drug-likeness (QED) is 0.657. The van der Waals surface area contributed by atoms with Gasteiger partial charge < -0.3 is 0 Å². The maximum absolute atomic E-state index is 12.4. The van der Waals surface area contributed by atoms with Crippen LogP contribution in [0.4, 0.5) is 4.39 Å². The van der Waals surface area contributed by atoms with Gasteiger partial charge in [0.05, 0.1) is 12.4 Å². The molecular formula is C9H5FN3. The molecule has 0 atom stereocenters. The molecule has 0 unspecified atom stereocenters. The van der Waals surface area contributed by atoms with Crippen molar-refractivity contribution in [3.63, 3.8) is 0 Å². The van der Waals surface area contributed by atoms with Crippen LogP contribution in [0, 0.1) is 11.9 Å².